The fraction of sp³-hybridized carbons (Fsp3) is 0.667. The maximum absolute atomic E-state index is 11.9. The van der Waals surface area contributed by atoms with Gasteiger partial charge in [0.15, 0.2) is 0 Å². The molecule has 0 bridgehead atoms. The molecule has 2 atom stereocenters. The van der Waals surface area contributed by atoms with Gasteiger partial charge in [0.1, 0.15) is 6.04 Å². The van der Waals surface area contributed by atoms with E-state index in [9.17, 15) is 9.59 Å². The van der Waals surface area contributed by atoms with Crippen LogP contribution in [0.5, 0.6) is 0 Å². The van der Waals surface area contributed by atoms with Crippen molar-refractivity contribution in [2.24, 2.45) is 0 Å². The number of hydrogen-bond acceptors (Lipinski definition) is 5. The largest absolute Gasteiger partial charge is 0.468 e. The molecule has 102 valence electrons. The molecule has 1 aliphatic rings. The summed E-state index contributed by atoms with van der Waals surface area (Å²) in [4.78, 5) is 25.3. The second kappa shape index (κ2) is 7.13. The third kappa shape index (κ3) is 3.54. The Labute approximate surface area is 107 Å². The van der Waals surface area contributed by atoms with Gasteiger partial charge in [0.05, 0.1) is 26.4 Å². The van der Waals surface area contributed by atoms with Crippen LogP contribution in [0.15, 0.2) is 12.7 Å². The minimum absolute atomic E-state index is 0.134. The smallest absolute Gasteiger partial charge is 0.325 e. The molecular formula is C12H20N2O4. The molecule has 0 saturated carbocycles. The zero-order valence-electron chi connectivity index (χ0n) is 10.8. The summed E-state index contributed by atoms with van der Waals surface area (Å²) in [5.74, 6) is -0.510. The second-order valence-electron chi connectivity index (χ2n) is 4.06. The third-order valence-corrected chi connectivity index (χ3v) is 2.94. The molecule has 0 spiro atoms. The number of nitrogens with one attached hydrogen (secondary N) is 1. The quantitative estimate of drug-likeness (QED) is 0.533. The van der Waals surface area contributed by atoms with Crippen LogP contribution in [0.3, 0.4) is 0 Å². The van der Waals surface area contributed by atoms with E-state index in [-0.39, 0.29) is 18.5 Å². The Morgan fingerprint density at radius 3 is 3.00 bits per heavy atom. The summed E-state index contributed by atoms with van der Waals surface area (Å²) in [6.45, 7) is 7.01. The van der Waals surface area contributed by atoms with Crippen LogP contribution < -0.4 is 5.32 Å². The lowest BCUT2D eigenvalue weighted by atomic mass is 10.1. The zero-order valence-corrected chi connectivity index (χ0v) is 10.8. The summed E-state index contributed by atoms with van der Waals surface area (Å²) in [6, 6.07) is -0.925. The van der Waals surface area contributed by atoms with Crippen molar-refractivity contribution in [3.63, 3.8) is 0 Å². The van der Waals surface area contributed by atoms with Gasteiger partial charge in [0.2, 0.25) is 5.91 Å². The van der Waals surface area contributed by atoms with Crippen LogP contribution in [0.1, 0.15) is 6.92 Å². The second-order valence-corrected chi connectivity index (χ2v) is 4.06. The first-order valence-corrected chi connectivity index (χ1v) is 5.91. The van der Waals surface area contributed by atoms with E-state index in [1.54, 1.807) is 17.9 Å². The summed E-state index contributed by atoms with van der Waals surface area (Å²) in [6.07, 6.45) is 1.61. The first-order chi connectivity index (χ1) is 8.61. The van der Waals surface area contributed by atoms with Crippen LogP contribution in [-0.2, 0) is 19.1 Å². The van der Waals surface area contributed by atoms with Gasteiger partial charge in [-0.3, -0.25) is 14.5 Å². The Morgan fingerprint density at radius 2 is 2.39 bits per heavy atom. The lowest BCUT2D eigenvalue weighted by molar-refractivity contribution is -0.156. The van der Waals surface area contributed by atoms with Crippen LogP contribution in [0.25, 0.3) is 0 Å². The van der Waals surface area contributed by atoms with Crippen molar-refractivity contribution in [1.82, 2.24) is 10.2 Å². The number of morpholine rings is 1. The monoisotopic (exact) mass is 256 g/mol. The number of esters is 1. The van der Waals surface area contributed by atoms with Crippen LogP contribution in [0.4, 0.5) is 0 Å². The third-order valence-electron chi connectivity index (χ3n) is 2.94. The highest BCUT2D eigenvalue weighted by molar-refractivity contribution is 5.83. The number of carbonyl (C=O) groups excluding carboxylic acids is 2. The normalized spacial score (nSPS) is 22.0. The highest BCUT2D eigenvalue weighted by atomic mass is 16.5. The highest BCUT2D eigenvalue weighted by Gasteiger charge is 2.35. The van der Waals surface area contributed by atoms with Gasteiger partial charge < -0.3 is 14.8 Å². The Hall–Kier alpha value is -1.40. The van der Waals surface area contributed by atoms with E-state index in [0.29, 0.717) is 19.7 Å². The van der Waals surface area contributed by atoms with Gasteiger partial charge in [-0.2, -0.15) is 0 Å². The molecule has 0 radical (unpaired) electrons. The maximum atomic E-state index is 11.9. The minimum atomic E-state index is -0.520. The minimum Gasteiger partial charge on any atom is -0.468 e. The molecule has 1 heterocycles. The molecule has 1 aliphatic heterocycles. The van der Waals surface area contributed by atoms with Gasteiger partial charge in [0.25, 0.3) is 0 Å². The van der Waals surface area contributed by atoms with Crippen molar-refractivity contribution in [2.45, 2.75) is 19.0 Å². The average molecular weight is 256 g/mol. The van der Waals surface area contributed by atoms with Gasteiger partial charge in [0, 0.05) is 13.1 Å². The molecule has 0 aliphatic carbocycles. The van der Waals surface area contributed by atoms with Crippen molar-refractivity contribution in [3.8, 4) is 0 Å². The Balaban J connectivity index is 2.67. The molecular weight excluding hydrogens is 236 g/mol. The summed E-state index contributed by atoms with van der Waals surface area (Å²) in [5, 5.41) is 2.72. The predicted molar refractivity (Wildman–Crippen MR) is 66.0 cm³/mol. The molecule has 18 heavy (non-hydrogen) atoms. The van der Waals surface area contributed by atoms with Crippen molar-refractivity contribution >= 4 is 11.9 Å². The fourth-order valence-electron chi connectivity index (χ4n) is 1.89. The SMILES string of the molecule is C=CCNC(=O)C(C)N1CCOCC1C(=O)OC. The standard InChI is InChI=1S/C12H20N2O4/c1-4-5-13-11(15)9(2)14-6-7-18-8-10(14)12(16)17-3/h4,9-10H,1,5-8H2,2-3H3,(H,13,15). The maximum Gasteiger partial charge on any atom is 0.325 e. The molecule has 1 rings (SSSR count). The van der Waals surface area contributed by atoms with E-state index < -0.39 is 12.1 Å². The predicted octanol–water partition coefficient (Wildman–Crippen LogP) is -0.449. The topological polar surface area (TPSA) is 67.9 Å². The number of methoxy groups -OCH3 is 1. The highest BCUT2D eigenvalue weighted by Crippen LogP contribution is 2.12. The lowest BCUT2D eigenvalue weighted by Gasteiger charge is -2.37. The number of ether oxygens (including phenoxy) is 2. The van der Waals surface area contributed by atoms with Gasteiger partial charge in [-0.25, -0.2) is 0 Å². The van der Waals surface area contributed by atoms with Gasteiger partial charge >= 0.3 is 5.97 Å². The van der Waals surface area contributed by atoms with Gasteiger partial charge in [-0.1, -0.05) is 6.08 Å². The van der Waals surface area contributed by atoms with E-state index in [4.69, 9.17) is 9.47 Å². The number of amides is 1. The van der Waals surface area contributed by atoms with Crippen molar-refractivity contribution < 1.29 is 19.1 Å². The molecule has 1 saturated heterocycles. The molecule has 0 aromatic rings. The molecule has 1 N–H and O–H groups in total. The molecule has 2 unspecified atom stereocenters. The number of carbonyl (C=O) groups is 2. The summed E-state index contributed by atoms with van der Waals surface area (Å²) >= 11 is 0. The van der Waals surface area contributed by atoms with Crippen molar-refractivity contribution in [3.05, 3.63) is 12.7 Å². The van der Waals surface area contributed by atoms with E-state index in [1.807, 2.05) is 0 Å². The van der Waals surface area contributed by atoms with Gasteiger partial charge in [-0.15, -0.1) is 6.58 Å². The molecule has 1 amide bonds. The molecule has 6 heteroatoms. The Kier molecular flexibility index (Phi) is 5.80. The van der Waals surface area contributed by atoms with Crippen molar-refractivity contribution in [2.75, 3.05) is 33.4 Å². The van der Waals surface area contributed by atoms with Gasteiger partial charge in [-0.05, 0) is 6.92 Å². The zero-order chi connectivity index (χ0) is 13.5. The Bertz CT molecular complexity index is 319. The average Bonchev–Trinajstić information content (AvgIpc) is 2.43. The number of hydrogen-bond donors (Lipinski definition) is 1. The molecule has 0 aromatic carbocycles. The molecule has 1 fully saturated rings. The first-order valence-electron chi connectivity index (χ1n) is 5.91. The van der Waals surface area contributed by atoms with E-state index in [2.05, 4.69) is 11.9 Å². The van der Waals surface area contributed by atoms with Crippen LogP contribution in [0.2, 0.25) is 0 Å². The molecule has 6 nitrogen and oxygen atoms in total. The van der Waals surface area contributed by atoms with Crippen molar-refractivity contribution in [1.29, 1.82) is 0 Å². The number of rotatable bonds is 5. The van der Waals surface area contributed by atoms with E-state index >= 15 is 0 Å². The van der Waals surface area contributed by atoms with Crippen LogP contribution >= 0.6 is 0 Å². The summed E-state index contributed by atoms with van der Waals surface area (Å²) in [5.41, 5.74) is 0. The van der Waals surface area contributed by atoms with E-state index in [0.717, 1.165) is 0 Å². The van der Waals surface area contributed by atoms with Crippen LogP contribution in [0, 0.1) is 0 Å². The molecule has 0 aromatic heterocycles. The summed E-state index contributed by atoms with van der Waals surface area (Å²) < 4.78 is 9.98. The lowest BCUT2D eigenvalue weighted by Crippen LogP contribution is -2.57. The van der Waals surface area contributed by atoms with E-state index in [1.165, 1.54) is 7.11 Å². The Morgan fingerprint density at radius 1 is 1.67 bits per heavy atom. The van der Waals surface area contributed by atoms with Crippen LogP contribution in [-0.4, -0.2) is 62.3 Å². The fourth-order valence-corrected chi connectivity index (χ4v) is 1.89. The first kappa shape index (κ1) is 14.7. The summed E-state index contributed by atoms with van der Waals surface area (Å²) in [7, 11) is 1.33. The number of nitrogens with zero attached hydrogens (tertiary/aromatic N) is 1.